The highest BCUT2D eigenvalue weighted by Gasteiger charge is 2.23. The van der Waals surface area contributed by atoms with Crippen molar-refractivity contribution in [2.24, 2.45) is 0 Å². The highest BCUT2D eigenvalue weighted by Crippen LogP contribution is 2.19. The molecule has 20 heavy (non-hydrogen) atoms. The van der Waals surface area contributed by atoms with Gasteiger partial charge >= 0.3 is 18.0 Å². The number of hydrogen-bond donors (Lipinski definition) is 4. The molecule has 0 aromatic heterocycles. The number of urea groups is 1. The number of aliphatic carboxylic acids is 2. The van der Waals surface area contributed by atoms with Crippen molar-refractivity contribution in [1.29, 1.82) is 0 Å². The Labute approximate surface area is 120 Å². The molecule has 1 atom stereocenters. The van der Waals surface area contributed by atoms with Gasteiger partial charge in [0, 0.05) is 5.69 Å². The maximum atomic E-state index is 13.0. The van der Waals surface area contributed by atoms with Crippen LogP contribution in [-0.2, 0) is 9.59 Å². The standard InChI is InChI=1S/C11H10BrFN2O5/c12-6-3-5(1-2-7(6)13)14-11(20)15-8(10(18)19)4-9(16)17/h1-3,8H,4H2,(H,16,17)(H,18,19)(H2,14,15,20). The third-order valence-corrected chi connectivity index (χ3v) is 2.77. The molecule has 1 aromatic rings. The second-order valence-corrected chi connectivity index (χ2v) is 4.57. The van der Waals surface area contributed by atoms with E-state index < -0.39 is 36.2 Å². The van der Waals surface area contributed by atoms with Crippen LogP contribution in [0.1, 0.15) is 6.42 Å². The first kappa shape index (κ1) is 15.9. The molecule has 0 aliphatic carbocycles. The minimum Gasteiger partial charge on any atom is -0.481 e. The van der Waals surface area contributed by atoms with E-state index in [9.17, 15) is 18.8 Å². The highest BCUT2D eigenvalue weighted by atomic mass is 79.9. The third kappa shape index (κ3) is 4.84. The quantitative estimate of drug-likeness (QED) is 0.645. The van der Waals surface area contributed by atoms with Gasteiger partial charge in [0.15, 0.2) is 0 Å². The molecule has 7 nitrogen and oxygen atoms in total. The van der Waals surface area contributed by atoms with E-state index in [2.05, 4.69) is 21.2 Å². The van der Waals surface area contributed by atoms with Crippen LogP contribution in [0.2, 0.25) is 0 Å². The highest BCUT2D eigenvalue weighted by molar-refractivity contribution is 9.10. The molecule has 0 radical (unpaired) electrons. The lowest BCUT2D eigenvalue weighted by molar-refractivity contribution is -0.145. The van der Waals surface area contributed by atoms with Crippen LogP contribution in [0.15, 0.2) is 22.7 Å². The van der Waals surface area contributed by atoms with Gasteiger partial charge in [-0.3, -0.25) is 4.79 Å². The van der Waals surface area contributed by atoms with Crippen molar-refractivity contribution in [3.05, 3.63) is 28.5 Å². The van der Waals surface area contributed by atoms with Crippen LogP contribution < -0.4 is 10.6 Å². The topological polar surface area (TPSA) is 116 Å². The van der Waals surface area contributed by atoms with Crippen LogP contribution in [0.3, 0.4) is 0 Å². The number of amides is 2. The molecule has 4 N–H and O–H groups in total. The van der Waals surface area contributed by atoms with Gasteiger partial charge in [0.2, 0.25) is 0 Å². The van der Waals surface area contributed by atoms with Crippen LogP contribution in [-0.4, -0.2) is 34.2 Å². The third-order valence-electron chi connectivity index (χ3n) is 2.16. The Kier molecular flexibility index (Phi) is 5.44. The zero-order chi connectivity index (χ0) is 15.3. The number of nitrogens with one attached hydrogen (secondary N) is 2. The minimum absolute atomic E-state index is 0.121. The molecule has 1 aromatic carbocycles. The minimum atomic E-state index is -1.56. The van der Waals surface area contributed by atoms with Gasteiger partial charge in [-0.05, 0) is 34.1 Å². The number of rotatable bonds is 5. The fraction of sp³-hybridized carbons (Fsp3) is 0.182. The fourth-order valence-corrected chi connectivity index (χ4v) is 1.65. The summed E-state index contributed by atoms with van der Waals surface area (Å²) in [5, 5.41) is 21.5. The Morgan fingerprint density at radius 2 is 1.95 bits per heavy atom. The Hall–Kier alpha value is -2.16. The molecule has 0 aliphatic heterocycles. The Bertz CT molecular complexity index is 552. The number of benzene rings is 1. The molecule has 1 rings (SSSR count). The molecule has 9 heteroatoms. The van der Waals surface area contributed by atoms with Crippen LogP contribution in [0, 0.1) is 5.82 Å². The Morgan fingerprint density at radius 3 is 2.45 bits per heavy atom. The summed E-state index contributed by atoms with van der Waals surface area (Å²) in [5.41, 5.74) is 0.218. The van der Waals surface area contributed by atoms with Gasteiger partial charge in [-0.1, -0.05) is 0 Å². The van der Waals surface area contributed by atoms with Crippen molar-refractivity contribution in [3.8, 4) is 0 Å². The summed E-state index contributed by atoms with van der Waals surface area (Å²) in [7, 11) is 0. The van der Waals surface area contributed by atoms with Crippen molar-refractivity contribution >= 4 is 39.6 Å². The van der Waals surface area contributed by atoms with E-state index in [1.165, 1.54) is 12.1 Å². The second-order valence-electron chi connectivity index (χ2n) is 3.72. The number of hydrogen-bond acceptors (Lipinski definition) is 3. The van der Waals surface area contributed by atoms with Gasteiger partial charge in [-0.15, -0.1) is 0 Å². The largest absolute Gasteiger partial charge is 0.481 e. The molecule has 0 saturated carbocycles. The predicted molar refractivity (Wildman–Crippen MR) is 69.9 cm³/mol. The Morgan fingerprint density at radius 1 is 1.30 bits per heavy atom. The van der Waals surface area contributed by atoms with Crippen molar-refractivity contribution < 1.29 is 29.0 Å². The molecule has 0 fully saturated rings. The summed E-state index contributed by atoms with van der Waals surface area (Å²) < 4.78 is 13.1. The van der Waals surface area contributed by atoms with Crippen LogP contribution in [0.25, 0.3) is 0 Å². The summed E-state index contributed by atoms with van der Waals surface area (Å²) in [4.78, 5) is 32.7. The van der Waals surface area contributed by atoms with E-state index >= 15 is 0 Å². The van der Waals surface area contributed by atoms with E-state index in [1.54, 1.807) is 0 Å². The lowest BCUT2D eigenvalue weighted by atomic mass is 10.2. The number of carboxylic acid groups (broad SMARTS) is 2. The lowest BCUT2D eigenvalue weighted by Gasteiger charge is -2.13. The molecule has 0 bridgehead atoms. The summed E-state index contributed by atoms with van der Waals surface area (Å²) in [5.74, 6) is -3.35. The van der Waals surface area contributed by atoms with Gasteiger partial charge < -0.3 is 20.8 Å². The van der Waals surface area contributed by atoms with E-state index in [0.29, 0.717) is 0 Å². The van der Waals surface area contributed by atoms with Crippen LogP contribution in [0.4, 0.5) is 14.9 Å². The number of carbonyl (C=O) groups is 3. The van der Waals surface area contributed by atoms with E-state index in [-0.39, 0.29) is 10.2 Å². The fourth-order valence-electron chi connectivity index (χ4n) is 1.27. The second kappa shape index (κ2) is 6.85. The molecule has 1 unspecified atom stereocenters. The average Bonchev–Trinajstić information content (AvgIpc) is 2.32. The molecular formula is C11H10BrFN2O5. The smallest absolute Gasteiger partial charge is 0.326 e. The number of anilines is 1. The summed E-state index contributed by atoms with van der Waals surface area (Å²) >= 11 is 2.92. The molecule has 0 heterocycles. The van der Waals surface area contributed by atoms with Gasteiger partial charge in [-0.25, -0.2) is 14.0 Å². The van der Waals surface area contributed by atoms with E-state index in [4.69, 9.17) is 10.2 Å². The summed E-state index contributed by atoms with van der Waals surface area (Å²) in [6.07, 6.45) is -0.754. The molecule has 2 amide bonds. The molecule has 0 saturated heterocycles. The first-order valence-electron chi connectivity index (χ1n) is 5.26. The van der Waals surface area contributed by atoms with E-state index in [0.717, 1.165) is 6.07 Å². The summed E-state index contributed by atoms with van der Waals surface area (Å²) in [6.45, 7) is 0. The predicted octanol–water partition coefficient (Wildman–Crippen LogP) is 1.64. The van der Waals surface area contributed by atoms with Crippen molar-refractivity contribution in [2.75, 3.05) is 5.32 Å². The van der Waals surface area contributed by atoms with Crippen molar-refractivity contribution in [3.63, 3.8) is 0 Å². The molecule has 0 spiro atoms. The monoisotopic (exact) mass is 348 g/mol. The first-order chi connectivity index (χ1) is 9.29. The van der Waals surface area contributed by atoms with Gasteiger partial charge in [0.1, 0.15) is 11.9 Å². The number of carbonyl (C=O) groups excluding carboxylic acids is 1. The van der Waals surface area contributed by atoms with Gasteiger partial charge in [0.25, 0.3) is 0 Å². The lowest BCUT2D eigenvalue weighted by Crippen LogP contribution is -2.44. The number of halogens is 2. The Balaban J connectivity index is 2.67. The molecule has 108 valence electrons. The average molecular weight is 349 g/mol. The zero-order valence-corrected chi connectivity index (χ0v) is 11.5. The number of carboxylic acids is 2. The van der Waals surface area contributed by atoms with Crippen LogP contribution in [0.5, 0.6) is 0 Å². The zero-order valence-electron chi connectivity index (χ0n) is 9.89. The van der Waals surface area contributed by atoms with Crippen LogP contribution >= 0.6 is 15.9 Å². The van der Waals surface area contributed by atoms with Crippen molar-refractivity contribution in [1.82, 2.24) is 5.32 Å². The van der Waals surface area contributed by atoms with Crippen molar-refractivity contribution in [2.45, 2.75) is 12.5 Å². The first-order valence-corrected chi connectivity index (χ1v) is 6.06. The summed E-state index contributed by atoms with van der Waals surface area (Å²) in [6, 6.07) is 1.19. The van der Waals surface area contributed by atoms with E-state index in [1.807, 2.05) is 5.32 Å². The van der Waals surface area contributed by atoms with Gasteiger partial charge in [-0.2, -0.15) is 0 Å². The molecule has 0 aliphatic rings. The maximum absolute atomic E-state index is 13.0. The maximum Gasteiger partial charge on any atom is 0.326 e. The van der Waals surface area contributed by atoms with Gasteiger partial charge in [0.05, 0.1) is 10.9 Å². The molecular weight excluding hydrogens is 339 g/mol. The SMILES string of the molecule is O=C(O)CC(NC(=O)Nc1ccc(F)c(Br)c1)C(=O)O. The normalized spacial score (nSPS) is 11.5.